The largest absolute Gasteiger partial charge is 0.497 e. The summed E-state index contributed by atoms with van der Waals surface area (Å²) < 4.78 is 6.96. The molecule has 0 amide bonds. The van der Waals surface area contributed by atoms with Crippen LogP contribution in [0, 0.1) is 0 Å². The number of aromatic amines is 1. The molecule has 1 fully saturated rings. The van der Waals surface area contributed by atoms with E-state index in [4.69, 9.17) is 19.6 Å². The normalized spacial score (nSPS) is 16.5. The van der Waals surface area contributed by atoms with Crippen molar-refractivity contribution in [2.45, 2.75) is 70.9 Å². The third-order valence-corrected chi connectivity index (χ3v) is 5.56. The average Bonchev–Trinajstić information content (AvgIpc) is 3.40. The van der Waals surface area contributed by atoms with Crippen LogP contribution in [0.5, 0.6) is 5.75 Å². The first-order valence-electron chi connectivity index (χ1n) is 10.8. The molecule has 7 nitrogen and oxygen atoms in total. The van der Waals surface area contributed by atoms with Gasteiger partial charge in [-0.2, -0.15) is 4.73 Å². The van der Waals surface area contributed by atoms with Crippen LogP contribution in [0.4, 0.5) is 0 Å². The SMILES string of the molecule is COc1ccc(CC(C)N=c2ncn(OC3CCCC3)c3nc(C(C)C)[nH]c23)cc1. The zero-order valence-corrected chi connectivity index (χ0v) is 18.3. The second-order valence-corrected chi connectivity index (χ2v) is 8.41. The molecule has 1 aromatic carbocycles. The summed E-state index contributed by atoms with van der Waals surface area (Å²) in [6, 6.07) is 8.19. The van der Waals surface area contributed by atoms with Gasteiger partial charge in [-0.15, -0.1) is 0 Å². The van der Waals surface area contributed by atoms with Crippen molar-refractivity contribution >= 4 is 11.2 Å². The molecular formula is C23H31N5O2. The number of rotatable bonds is 7. The number of hydrogen-bond acceptors (Lipinski definition) is 5. The van der Waals surface area contributed by atoms with Crippen molar-refractivity contribution in [3.8, 4) is 5.75 Å². The first-order valence-corrected chi connectivity index (χ1v) is 10.8. The highest BCUT2D eigenvalue weighted by Gasteiger charge is 2.19. The van der Waals surface area contributed by atoms with Crippen LogP contribution in [0.2, 0.25) is 0 Å². The number of nitrogens with zero attached hydrogens (tertiary/aromatic N) is 4. The van der Waals surface area contributed by atoms with Gasteiger partial charge in [0.1, 0.15) is 29.5 Å². The summed E-state index contributed by atoms with van der Waals surface area (Å²) in [7, 11) is 1.68. The van der Waals surface area contributed by atoms with Crippen molar-refractivity contribution in [2.75, 3.05) is 7.11 Å². The number of aromatic nitrogens is 4. The van der Waals surface area contributed by atoms with E-state index < -0.39 is 0 Å². The molecule has 4 rings (SSSR count). The minimum absolute atomic E-state index is 0.0755. The van der Waals surface area contributed by atoms with E-state index in [0.717, 1.165) is 42.0 Å². The highest BCUT2D eigenvalue weighted by molar-refractivity contribution is 5.69. The molecule has 1 N–H and O–H groups in total. The smallest absolute Gasteiger partial charge is 0.199 e. The van der Waals surface area contributed by atoms with Gasteiger partial charge in [0.25, 0.3) is 0 Å². The molecular weight excluding hydrogens is 378 g/mol. The number of hydrogen-bond donors (Lipinski definition) is 1. The van der Waals surface area contributed by atoms with Gasteiger partial charge in [0.2, 0.25) is 0 Å². The van der Waals surface area contributed by atoms with Gasteiger partial charge in [-0.1, -0.05) is 26.0 Å². The monoisotopic (exact) mass is 409 g/mol. The van der Waals surface area contributed by atoms with E-state index in [9.17, 15) is 0 Å². The summed E-state index contributed by atoms with van der Waals surface area (Å²) in [6.45, 7) is 6.35. The second-order valence-electron chi connectivity index (χ2n) is 8.41. The van der Waals surface area contributed by atoms with Gasteiger partial charge in [0, 0.05) is 5.92 Å². The molecule has 1 atom stereocenters. The van der Waals surface area contributed by atoms with Crippen molar-refractivity contribution in [1.82, 2.24) is 19.7 Å². The van der Waals surface area contributed by atoms with Gasteiger partial charge in [-0.3, -0.25) is 4.99 Å². The molecule has 1 aliphatic rings. The number of ether oxygens (including phenoxy) is 1. The Morgan fingerprint density at radius 2 is 1.90 bits per heavy atom. The van der Waals surface area contributed by atoms with Crippen molar-refractivity contribution in [3.05, 3.63) is 47.5 Å². The molecule has 0 saturated heterocycles. The highest BCUT2D eigenvalue weighted by Crippen LogP contribution is 2.20. The number of nitrogens with one attached hydrogen (secondary N) is 1. The lowest BCUT2D eigenvalue weighted by Crippen LogP contribution is -2.26. The quantitative estimate of drug-likeness (QED) is 0.644. The fourth-order valence-corrected chi connectivity index (χ4v) is 3.88. The predicted molar refractivity (Wildman–Crippen MR) is 117 cm³/mol. The number of fused-ring (bicyclic) bond motifs is 1. The molecule has 1 aliphatic carbocycles. The Hall–Kier alpha value is -2.83. The summed E-state index contributed by atoms with van der Waals surface area (Å²) in [6.07, 6.45) is 7.38. The maximum Gasteiger partial charge on any atom is 0.199 e. The number of methoxy groups -OCH3 is 1. The van der Waals surface area contributed by atoms with E-state index in [-0.39, 0.29) is 18.1 Å². The first kappa shape index (κ1) is 20.4. The lowest BCUT2D eigenvalue weighted by atomic mass is 10.1. The molecule has 160 valence electrons. The summed E-state index contributed by atoms with van der Waals surface area (Å²) in [5.41, 5.74) is 3.49. The van der Waals surface area contributed by atoms with E-state index in [1.165, 1.54) is 18.4 Å². The summed E-state index contributed by atoms with van der Waals surface area (Å²) in [4.78, 5) is 23.9. The van der Waals surface area contributed by atoms with Gasteiger partial charge >= 0.3 is 0 Å². The van der Waals surface area contributed by atoms with Crippen molar-refractivity contribution in [3.63, 3.8) is 0 Å². The third-order valence-electron chi connectivity index (χ3n) is 5.56. The summed E-state index contributed by atoms with van der Waals surface area (Å²) >= 11 is 0. The third kappa shape index (κ3) is 4.50. The Morgan fingerprint density at radius 1 is 1.17 bits per heavy atom. The van der Waals surface area contributed by atoms with Crippen molar-refractivity contribution in [1.29, 1.82) is 0 Å². The first-order chi connectivity index (χ1) is 14.5. The van der Waals surface area contributed by atoms with E-state index in [1.54, 1.807) is 18.2 Å². The Labute approximate surface area is 177 Å². The molecule has 3 aromatic rings. The molecule has 7 heteroatoms. The highest BCUT2D eigenvalue weighted by atomic mass is 16.7. The molecule has 0 spiro atoms. The van der Waals surface area contributed by atoms with Crippen LogP contribution < -0.4 is 15.1 Å². The zero-order chi connectivity index (χ0) is 21.1. The van der Waals surface area contributed by atoms with Gasteiger partial charge in [0.15, 0.2) is 11.1 Å². The predicted octanol–water partition coefficient (Wildman–Crippen LogP) is 3.79. The Bertz CT molecular complexity index is 1050. The van der Waals surface area contributed by atoms with Gasteiger partial charge in [-0.05, 0) is 56.7 Å². The van der Waals surface area contributed by atoms with Gasteiger partial charge < -0.3 is 14.6 Å². The van der Waals surface area contributed by atoms with Crippen LogP contribution in [-0.2, 0) is 6.42 Å². The van der Waals surface area contributed by atoms with Crippen LogP contribution in [0.1, 0.15) is 63.8 Å². The Morgan fingerprint density at radius 3 is 2.57 bits per heavy atom. The second kappa shape index (κ2) is 8.90. The minimum Gasteiger partial charge on any atom is -0.497 e. The number of benzene rings is 1. The maximum absolute atomic E-state index is 6.18. The summed E-state index contributed by atoms with van der Waals surface area (Å²) in [5.74, 6) is 2.06. The average molecular weight is 410 g/mol. The molecule has 0 radical (unpaired) electrons. The lowest BCUT2D eigenvalue weighted by molar-refractivity contribution is 0.0456. The minimum atomic E-state index is 0.0755. The zero-order valence-electron chi connectivity index (χ0n) is 18.3. The molecule has 1 saturated carbocycles. The van der Waals surface area contributed by atoms with Crippen molar-refractivity contribution < 1.29 is 9.57 Å². The van der Waals surface area contributed by atoms with Crippen LogP contribution in [0.3, 0.4) is 0 Å². The Balaban J connectivity index is 1.64. The van der Waals surface area contributed by atoms with Crippen LogP contribution in [0.25, 0.3) is 11.2 Å². The van der Waals surface area contributed by atoms with Gasteiger partial charge in [-0.25, -0.2) is 9.97 Å². The maximum atomic E-state index is 6.18. The van der Waals surface area contributed by atoms with E-state index in [2.05, 4.69) is 42.9 Å². The van der Waals surface area contributed by atoms with Crippen molar-refractivity contribution in [2.24, 2.45) is 4.99 Å². The van der Waals surface area contributed by atoms with Crippen LogP contribution in [-0.4, -0.2) is 38.9 Å². The fraction of sp³-hybridized carbons (Fsp3) is 0.522. The molecule has 0 bridgehead atoms. The number of imidazole rings is 1. The van der Waals surface area contributed by atoms with Gasteiger partial charge in [0.05, 0.1) is 13.2 Å². The standard InChI is InChI=1S/C23H31N5O2/c1-15(2)21-26-20-22(25-16(3)13-17-9-11-18(29-4)12-10-17)24-14-28(23(20)27-21)30-19-7-5-6-8-19/h9-12,14-16,19H,5-8,13H2,1-4H3,(H,26,27). The van der Waals surface area contributed by atoms with E-state index in [0.29, 0.717) is 5.49 Å². The molecule has 30 heavy (non-hydrogen) atoms. The molecule has 0 aliphatic heterocycles. The lowest BCUT2D eigenvalue weighted by Gasteiger charge is -2.15. The molecule has 2 aromatic heterocycles. The fourth-order valence-electron chi connectivity index (χ4n) is 3.88. The van der Waals surface area contributed by atoms with E-state index >= 15 is 0 Å². The molecule has 2 heterocycles. The summed E-state index contributed by atoms with van der Waals surface area (Å²) in [5, 5.41) is 0. The number of H-pyrrole nitrogens is 1. The Kier molecular flexibility index (Phi) is 6.06. The van der Waals surface area contributed by atoms with Crippen LogP contribution in [0.15, 0.2) is 35.6 Å². The molecule has 1 unspecified atom stereocenters. The van der Waals surface area contributed by atoms with E-state index in [1.807, 2.05) is 12.1 Å². The van der Waals surface area contributed by atoms with Crippen LogP contribution >= 0.6 is 0 Å². The topological polar surface area (TPSA) is 77.3 Å².